The number of fused-ring (bicyclic) bond motifs is 1. The molecule has 0 radical (unpaired) electrons. The number of pyridine rings is 1. The molecule has 17 heavy (non-hydrogen) atoms. The molecule has 0 aliphatic rings. The van der Waals surface area contributed by atoms with E-state index in [0.29, 0.717) is 0 Å². The zero-order valence-corrected chi connectivity index (χ0v) is 10.6. The van der Waals surface area contributed by atoms with Gasteiger partial charge in [-0.25, -0.2) is 0 Å². The molecule has 0 bridgehead atoms. The highest BCUT2D eigenvalue weighted by atomic mass is 32.1. The van der Waals surface area contributed by atoms with Crippen LogP contribution >= 0.6 is 11.3 Å². The van der Waals surface area contributed by atoms with Crippen molar-refractivity contribution in [3.8, 4) is 11.1 Å². The van der Waals surface area contributed by atoms with E-state index in [-0.39, 0.29) is 0 Å². The van der Waals surface area contributed by atoms with E-state index in [1.54, 1.807) is 17.5 Å². The summed E-state index contributed by atoms with van der Waals surface area (Å²) in [6.07, 6.45) is 3.62. The minimum absolute atomic E-state index is 0.801. The van der Waals surface area contributed by atoms with Crippen molar-refractivity contribution < 1.29 is 0 Å². The average molecular weight is 243 g/mol. The lowest BCUT2D eigenvalue weighted by Gasteiger charge is -2.01. The Labute approximate surface area is 104 Å². The van der Waals surface area contributed by atoms with E-state index >= 15 is 0 Å². The van der Waals surface area contributed by atoms with Crippen LogP contribution in [0, 0.1) is 13.8 Å². The summed E-state index contributed by atoms with van der Waals surface area (Å²) in [5, 5.41) is 0. The quantitative estimate of drug-likeness (QED) is 0.713. The van der Waals surface area contributed by atoms with Gasteiger partial charge in [-0.15, -0.1) is 11.3 Å². The number of aryl methyl sites for hydroxylation is 2. The summed E-state index contributed by atoms with van der Waals surface area (Å²) in [6.45, 7) is 4.22. The first kappa shape index (κ1) is 10.4. The van der Waals surface area contributed by atoms with Crippen molar-refractivity contribution in [1.29, 1.82) is 0 Å². The van der Waals surface area contributed by atoms with E-state index in [1.165, 1.54) is 15.4 Å². The lowest BCUT2D eigenvalue weighted by molar-refractivity contribution is 1.13. The third-order valence-electron chi connectivity index (χ3n) is 3.08. The number of nitrogen functional groups attached to an aromatic ring is 1. The molecular weight excluding hydrogens is 230 g/mol. The van der Waals surface area contributed by atoms with Crippen molar-refractivity contribution in [1.82, 2.24) is 9.38 Å². The molecule has 4 heteroatoms. The maximum absolute atomic E-state index is 6.23. The van der Waals surface area contributed by atoms with Gasteiger partial charge in [0.05, 0.1) is 0 Å². The zero-order chi connectivity index (χ0) is 12.0. The van der Waals surface area contributed by atoms with Crippen LogP contribution in [0.1, 0.15) is 10.6 Å². The van der Waals surface area contributed by atoms with Gasteiger partial charge in [-0.1, -0.05) is 6.07 Å². The molecule has 3 rings (SSSR count). The molecule has 3 nitrogen and oxygen atoms in total. The van der Waals surface area contributed by atoms with Gasteiger partial charge in [0.25, 0.3) is 0 Å². The van der Waals surface area contributed by atoms with Crippen molar-refractivity contribution in [3.63, 3.8) is 0 Å². The number of nitrogens with two attached hydrogens (primary N) is 1. The van der Waals surface area contributed by atoms with Crippen LogP contribution in [0.5, 0.6) is 0 Å². The average Bonchev–Trinajstić information content (AvgIpc) is 2.80. The Balaban J connectivity index is 2.30. The summed E-state index contributed by atoms with van der Waals surface area (Å²) in [7, 11) is 0. The molecule has 3 aromatic rings. The molecule has 0 aromatic carbocycles. The van der Waals surface area contributed by atoms with Crippen LogP contribution in [0.25, 0.3) is 16.0 Å². The summed E-state index contributed by atoms with van der Waals surface area (Å²) in [5.74, 6) is 0.801. The molecule has 0 saturated carbocycles. The van der Waals surface area contributed by atoms with E-state index in [4.69, 9.17) is 5.73 Å². The van der Waals surface area contributed by atoms with Crippen LogP contribution in [-0.4, -0.2) is 9.38 Å². The lowest BCUT2D eigenvalue weighted by atomic mass is 10.1. The van der Waals surface area contributed by atoms with E-state index < -0.39 is 0 Å². The largest absolute Gasteiger partial charge is 0.384 e. The SMILES string of the molecule is Cc1sc2cc(-c3cccnc3)c(N)n2c1C. The number of hydrogen-bond acceptors (Lipinski definition) is 3. The van der Waals surface area contributed by atoms with Crippen LogP contribution < -0.4 is 5.73 Å². The smallest absolute Gasteiger partial charge is 0.116 e. The predicted molar refractivity (Wildman–Crippen MR) is 72.4 cm³/mol. The highest BCUT2D eigenvalue weighted by Gasteiger charge is 2.13. The Kier molecular flexibility index (Phi) is 2.19. The molecule has 0 amide bonds. The fraction of sp³-hybridized carbons (Fsp3) is 0.154. The number of thiazole rings is 1. The molecule has 0 fully saturated rings. The van der Waals surface area contributed by atoms with Gasteiger partial charge in [-0.3, -0.25) is 9.38 Å². The van der Waals surface area contributed by atoms with E-state index in [1.807, 2.05) is 18.3 Å². The summed E-state index contributed by atoms with van der Waals surface area (Å²) >= 11 is 1.77. The summed E-state index contributed by atoms with van der Waals surface area (Å²) in [6, 6.07) is 6.10. The van der Waals surface area contributed by atoms with Gasteiger partial charge in [0.15, 0.2) is 0 Å². The first-order valence-corrected chi connectivity index (χ1v) is 6.27. The van der Waals surface area contributed by atoms with Crippen molar-refractivity contribution >= 4 is 22.0 Å². The van der Waals surface area contributed by atoms with Crippen molar-refractivity contribution in [2.45, 2.75) is 13.8 Å². The maximum atomic E-state index is 6.23. The fourth-order valence-electron chi connectivity index (χ4n) is 2.06. The standard InChI is InChI=1S/C13H13N3S/c1-8-9(2)17-12-6-11(13(14)16(8)12)10-4-3-5-15-7-10/h3-7H,14H2,1-2H3. The van der Waals surface area contributed by atoms with Crippen LogP contribution in [0.3, 0.4) is 0 Å². The topological polar surface area (TPSA) is 43.3 Å². The van der Waals surface area contributed by atoms with Crippen molar-refractivity contribution in [2.75, 3.05) is 5.73 Å². The van der Waals surface area contributed by atoms with Crippen LogP contribution in [0.15, 0.2) is 30.6 Å². The molecule has 0 aliphatic heterocycles. The third kappa shape index (κ3) is 1.45. The molecule has 3 heterocycles. The molecular formula is C13H13N3S. The Bertz CT molecular complexity index is 680. The highest BCUT2D eigenvalue weighted by molar-refractivity contribution is 7.17. The van der Waals surface area contributed by atoms with Crippen LogP contribution in [-0.2, 0) is 0 Å². The van der Waals surface area contributed by atoms with Gasteiger partial charge in [-0.05, 0) is 26.0 Å². The van der Waals surface area contributed by atoms with Gasteiger partial charge in [0.2, 0.25) is 0 Å². The molecule has 2 N–H and O–H groups in total. The molecule has 0 unspecified atom stereocenters. The minimum atomic E-state index is 0.801. The maximum Gasteiger partial charge on any atom is 0.116 e. The minimum Gasteiger partial charge on any atom is -0.384 e. The normalized spacial score (nSPS) is 11.2. The molecule has 3 aromatic heterocycles. The number of rotatable bonds is 1. The summed E-state index contributed by atoms with van der Waals surface area (Å²) < 4.78 is 2.11. The first-order valence-electron chi connectivity index (χ1n) is 5.46. The van der Waals surface area contributed by atoms with Crippen LogP contribution in [0.4, 0.5) is 5.82 Å². The Morgan fingerprint density at radius 3 is 2.82 bits per heavy atom. The molecule has 0 aliphatic carbocycles. The summed E-state index contributed by atoms with van der Waals surface area (Å²) in [4.78, 5) is 6.64. The Morgan fingerprint density at radius 1 is 1.35 bits per heavy atom. The molecule has 0 saturated heterocycles. The third-order valence-corrected chi connectivity index (χ3v) is 4.19. The van der Waals surface area contributed by atoms with E-state index in [9.17, 15) is 0 Å². The Hall–Kier alpha value is -1.81. The second kappa shape index (κ2) is 3.60. The number of anilines is 1. The molecule has 0 atom stereocenters. The van der Waals surface area contributed by atoms with E-state index in [0.717, 1.165) is 16.9 Å². The van der Waals surface area contributed by atoms with Gasteiger partial charge < -0.3 is 5.73 Å². The van der Waals surface area contributed by atoms with Gasteiger partial charge in [-0.2, -0.15) is 0 Å². The monoisotopic (exact) mass is 243 g/mol. The number of nitrogens with zero attached hydrogens (tertiary/aromatic N) is 2. The molecule has 86 valence electrons. The number of hydrogen-bond donors (Lipinski definition) is 1. The second-order valence-electron chi connectivity index (χ2n) is 4.10. The van der Waals surface area contributed by atoms with Gasteiger partial charge in [0, 0.05) is 34.1 Å². The predicted octanol–water partition coefficient (Wildman–Crippen LogP) is 3.26. The van der Waals surface area contributed by atoms with E-state index in [2.05, 4.69) is 29.3 Å². The summed E-state index contributed by atoms with van der Waals surface area (Å²) in [5.41, 5.74) is 9.58. The fourth-order valence-corrected chi connectivity index (χ4v) is 3.12. The molecule has 0 spiro atoms. The van der Waals surface area contributed by atoms with Crippen molar-refractivity contribution in [2.24, 2.45) is 0 Å². The first-order chi connectivity index (χ1) is 8.18. The zero-order valence-electron chi connectivity index (χ0n) is 9.77. The lowest BCUT2D eigenvalue weighted by Crippen LogP contribution is -1.95. The second-order valence-corrected chi connectivity index (χ2v) is 5.34. The highest BCUT2D eigenvalue weighted by Crippen LogP contribution is 2.34. The van der Waals surface area contributed by atoms with Gasteiger partial charge >= 0.3 is 0 Å². The number of aromatic nitrogens is 2. The van der Waals surface area contributed by atoms with Gasteiger partial charge in [0.1, 0.15) is 10.6 Å². The Morgan fingerprint density at radius 2 is 2.18 bits per heavy atom. The van der Waals surface area contributed by atoms with Crippen molar-refractivity contribution in [3.05, 3.63) is 41.2 Å². The van der Waals surface area contributed by atoms with Crippen LogP contribution in [0.2, 0.25) is 0 Å².